The van der Waals surface area contributed by atoms with Gasteiger partial charge >= 0.3 is 0 Å². The lowest BCUT2D eigenvalue weighted by molar-refractivity contribution is 0.466. The van der Waals surface area contributed by atoms with E-state index in [1.54, 1.807) is 6.26 Å². The average molecular weight is 278 g/mol. The van der Waals surface area contributed by atoms with Crippen LogP contribution < -0.4 is 0 Å². The van der Waals surface area contributed by atoms with Crippen molar-refractivity contribution in [2.24, 2.45) is 0 Å². The molecule has 0 aliphatic carbocycles. The molecule has 4 rings (SSSR count). The van der Waals surface area contributed by atoms with Gasteiger partial charge in [-0.15, -0.1) is 0 Å². The monoisotopic (exact) mass is 278 g/mol. The minimum absolute atomic E-state index is 0.0853. The van der Waals surface area contributed by atoms with Crippen LogP contribution in [0.25, 0.3) is 32.5 Å². The molecule has 0 fully saturated rings. The van der Waals surface area contributed by atoms with E-state index in [1.165, 1.54) is 0 Å². The SMILES string of the molecule is Cc1cccc2c1ccc1c(O)c3c(C)coc3c(O)c12. The van der Waals surface area contributed by atoms with Crippen LogP contribution in [0.15, 0.2) is 41.0 Å². The quantitative estimate of drug-likeness (QED) is 0.360. The van der Waals surface area contributed by atoms with Gasteiger partial charge in [-0.25, -0.2) is 0 Å². The van der Waals surface area contributed by atoms with Crippen molar-refractivity contribution in [1.82, 2.24) is 0 Å². The van der Waals surface area contributed by atoms with Crippen LogP contribution in [0.3, 0.4) is 0 Å². The third kappa shape index (κ3) is 1.43. The van der Waals surface area contributed by atoms with Crippen LogP contribution >= 0.6 is 0 Å². The molecular weight excluding hydrogens is 264 g/mol. The Kier molecular flexibility index (Phi) is 2.25. The fourth-order valence-corrected chi connectivity index (χ4v) is 3.13. The minimum atomic E-state index is 0.0853. The maximum Gasteiger partial charge on any atom is 0.180 e. The summed E-state index contributed by atoms with van der Waals surface area (Å²) in [5.74, 6) is 0.245. The highest BCUT2D eigenvalue weighted by molar-refractivity contribution is 6.19. The molecule has 0 saturated carbocycles. The van der Waals surface area contributed by atoms with E-state index in [-0.39, 0.29) is 11.5 Å². The number of phenolic OH excluding ortho intramolecular Hbond substituents is 2. The maximum atomic E-state index is 10.6. The number of fused-ring (bicyclic) bond motifs is 4. The number of furan rings is 1. The molecule has 1 heterocycles. The zero-order valence-electron chi connectivity index (χ0n) is 11.8. The number of rotatable bonds is 0. The summed E-state index contributed by atoms with van der Waals surface area (Å²) in [4.78, 5) is 0. The van der Waals surface area contributed by atoms with Gasteiger partial charge in [-0.2, -0.15) is 0 Å². The second kappa shape index (κ2) is 3.92. The lowest BCUT2D eigenvalue weighted by atomic mass is 9.96. The van der Waals surface area contributed by atoms with Crippen LogP contribution in [0.2, 0.25) is 0 Å². The second-order valence-electron chi connectivity index (χ2n) is 5.48. The molecule has 3 heteroatoms. The Bertz CT molecular complexity index is 1030. The van der Waals surface area contributed by atoms with Crippen molar-refractivity contribution in [3.8, 4) is 11.5 Å². The van der Waals surface area contributed by atoms with E-state index in [0.717, 1.165) is 21.9 Å². The maximum absolute atomic E-state index is 10.6. The molecule has 0 bridgehead atoms. The summed E-state index contributed by atoms with van der Waals surface area (Å²) < 4.78 is 5.44. The van der Waals surface area contributed by atoms with E-state index in [1.807, 2.05) is 44.2 Å². The summed E-state index contributed by atoms with van der Waals surface area (Å²) in [5.41, 5.74) is 2.28. The molecule has 0 aliphatic rings. The molecule has 0 radical (unpaired) electrons. The minimum Gasteiger partial charge on any atom is -0.507 e. The first-order valence-electron chi connectivity index (χ1n) is 6.83. The summed E-state index contributed by atoms with van der Waals surface area (Å²) in [6, 6.07) is 9.76. The van der Waals surface area contributed by atoms with Crippen LogP contribution in [-0.4, -0.2) is 10.2 Å². The Morgan fingerprint density at radius 3 is 2.33 bits per heavy atom. The van der Waals surface area contributed by atoms with Gasteiger partial charge in [0, 0.05) is 10.8 Å². The van der Waals surface area contributed by atoms with E-state index in [9.17, 15) is 10.2 Å². The third-order valence-corrected chi connectivity index (χ3v) is 4.20. The topological polar surface area (TPSA) is 53.6 Å². The fraction of sp³-hybridized carbons (Fsp3) is 0.111. The Balaban J connectivity index is 2.38. The first kappa shape index (κ1) is 12.1. The van der Waals surface area contributed by atoms with E-state index in [0.29, 0.717) is 21.7 Å². The predicted molar refractivity (Wildman–Crippen MR) is 84.0 cm³/mol. The molecule has 0 saturated heterocycles. The summed E-state index contributed by atoms with van der Waals surface area (Å²) >= 11 is 0. The molecule has 0 aliphatic heterocycles. The van der Waals surface area contributed by atoms with E-state index in [2.05, 4.69) is 0 Å². The molecule has 2 N–H and O–H groups in total. The number of hydrogen-bond acceptors (Lipinski definition) is 3. The molecule has 0 spiro atoms. The highest BCUT2D eigenvalue weighted by atomic mass is 16.3. The normalized spacial score (nSPS) is 11.7. The number of aryl methyl sites for hydroxylation is 2. The number of benzene rings is 3. The molecule has 21 heavy (non-hydrogen) atoms. The number of hydrogen-bond donors (Lipinski definition) is 2. The van der Waals surface area contributed by atoms with Crippen LogP contribution in [0.5, 0.6) is 11.5 Å². The first-order valence-corrected chi connectivity index (χ1v) is 6.83. The van der Waals surface area contributed by atoms with Gasteiger partial charge in [0.25, 0.3) is 0 Å². The molecule has 4 aromatic rings. The standard InChI is InChI=1S/C18H14O3/c1-9-4-3-5-12-11(9)6-7-13-15(12)17(20)18-14(16(13)19)10(2)8-21-18/h3-8,19-20H,1-2H3. The first-order chi connectivity index (χ1) is 10.1. The van der Waals surface area contributed by atoms with Crippen molar-refractivity contribution in [2.75, 3.05) is 0 Å². The molecule has 0 atom stereocenters. The second-order valence-corrected chi connectivity index (χ2v) is 5.48. The van der Waals surface area contributed by atoms with E-state index >= 15 is 0 Å². The van der Waals surface area contributed by atoms with E-state index in [4.69, 9.17) is 4.42 Å². The van der Waals surface area contributed by atoms with Gasteiger partial charge in [-0.05, 0) is 41.8 Å². The Morgan fingerprint density at radius 2 is 1.52 bits per heavy atom. The molecule has 3 aromatic carbocycles. The van der Waals surface area contributed by atoms with Gasteiger partial charge in [0.05, 0.1) is 11.6 Å². The lowest BCUT2D eigenvalue weighted by Gasteiger charge is -2.10. The van der Waals surface area contributed by atoms with Crippen LogP contribution in [0.1, 0.15) is 11.1 Å². The van der Waals surface area contributed by atoms with Gasteiger partial charge in [0.1, 0.15) is 5.75 Å². The lowest BCUT2D eigenvalue weighted by Crippen LogP contribution is -1.84. The van der Waals surface area contributed by atoms with Crippen molar-refractivity contribution in [3.63, 3.8) is 0 Å². The van der Waals surface area contributed by atoms with Crippen LogP contribution in [-0.2, 0) is 0 Å². The largest absolute Gasteiger partial charge is 0.507 e. The Labute approximate surface area is 121 Å². The average Bonchev–Trinajstić information content (AvgIpc) is 2.86. The van der Waals surface area contributed by atoms with Crippen molar-refractivity contribution in [1.29, 1.82) is 0 Å². The predicted octanol–water partition coefficient (Wildman–Crippen LogP) is 4.77. The zero-order chi connectivity index (χ0) is 14.7. The van der Waals surface area contributed by atoms with Crippen LogP contribution in [0.4, 0.5) is 0 Å². The Hall–Kier alpha value is -2.68. The van der Waals surface area contributed by atoms with Gasteiger partial charge in [0.15, 0.2) is 11.3 Å². The smallest absolute Gasteiger partial charge is 0.180 e. The van der Waals surface area contributed by atoms with Crippen molar-refractivity contribution in [2.45, 2.75) is 13.8 Å². The van der Waals surface area contributed by atoms with E-state index < -0.39 is 0 Å². The fourth-order valence-electron chi connectivity index (χ4n) is 3.13. The van der Waals surface area contributed by atoms with Crippen molar-refractivity contribution in [3.05, 3.63) is 47.7 Å². The van der Waals surface area contributed by atoms with Gasteiger partial charge in [-0.3, -0.25) is 0 Å². The number of phenols is 2. The molecule has 1 aromatic heterocycles. The number of aromatic hydroxyl groups is 2. The summed E-state index contributed by atoms with van der Waals surface area (Å²) in [6.45, 7) is 3.88. The molecule has 104 valence electrons. The molecule has 3 nitrogen and oxygen atoms in total. The van der Waals surface area contributed by atoms with Gasteiger partial charge in [-0.1, -0.05) is 24.3 Å². The van der Waals surface area contributed by atoms with Crippen LogP contribution in [0, 0.1) is 13.8 Å². The summed E-state index contributed by atoms with van der Waals surface area (Å²) in [6.07, 6.45) is 1.55. The zero-order valence-corrected chi connectivity index (χ0v) is 11.8. The van der Waals surface area contributed by atoms with Gasteiger partial charge in [0.2, 0.25) is 0 Å². The highest BCUT2D eigenvalue weighted by Gasteiger charge is 2.19. The molecule has 0 unspecified atom stereocenters. The van der Waals surface area contributed by atoms with Gasteiger partial charge < -0.3 is 14.6 Å². The highest BCUT2D eigenvalue weighted by Crippen LogP contribution is 2.46. The van der Waals surface area contributed by atoms with Crippen molar-refractivity contribution < 1.29 is 14.6 Å². The molecule has 0 amide bonds. The van der Waals surface area contributed by atoms with Crippen molar-refractivity contribution >= 4 is 32.5 Å². The summed E-state index contributed by atoms with van der Waals surface area (Å²) in [7, 11) is 0. The molecular formula is C18H14O3. The third-order valence-electron chi connectivity index (χ3n) is 4.20. The Morgan fingerprint density at radius 1 is 0.762 bits per heavy atom. The summed E-state index contributed by atoms with van der Waals surface area (Å²) in [5, 5.41) is 25.0.